The second kappa shape index (κ2) is 23.7. The van der Waals surface area contributed by atoms with Gasteiger partial charge < -0.3 is 52.3 Å². The molecule has 3 aromatic carbocycles. The molecule has 8 amide bonds. The highest BCUT2D eigenvalue weighted by Crippen LogP contribution is 2.27. The Kier molecular flexibility index (Phi) is 17.6. The van der Waals surface area contributed by atoms with E-state index in [-0.39, 0.29) is 37.3 Å². The first-order chi connectivity index (χ1) is 33.5. The molecule has 0 aliphatic carbocycles. The fourth-order valence-electron chi connectivity index (χ4n) is 8.49. The summed E-state index contributed by atoms with van der Waals surface area (Å²) in [6.45, 7) is 8.34. The third-order valence-electron chi connectivity index (χ3n) is 12.9. The number of hydrogen-bond acceptors (Lipinski definition) is 11. The largest absolute Gasteiger partial charge is 0.348 e. The van der Waals surface area contributed by atoms with E-state index < -0.39 is 108 Å². The minimum Gasteiger partial charge on any atom is -0.348 e. The molecule has 0 unspecified atom stereocenters. The first-order valence-electron chi connectivity index (χ1n) is 23.5. The van der Waals surface area contributed by atoms with Crippen LogP contribution in [0.15, 0.2) is 97.1 Å². The Morgan fingerprint density at radius 2 is 0.971 bits per heavy atom. The average Bonchev–Trinajstić information content (AvgIpc) is 4.15. The number of rotatable bonds is 19. The molecule has 70 heavy (non-hydrogen) atoms. The zero-order valence-electron chi connectivity index (χ0n) is 40.4. The van der Waals surface area contributed by atoms with Gasteiger partial charge in [0.25, 0.3) is 17.7 Å². The number of nitrogens with zero attached hydrogens (tertiary/aromatic N) is 3. The van der Waals surface area contributed by atoms with Crippen molar-refractivity contribution < 1.29 is 38.4 Å². The van der Waals surface area contributed by atoms with Crippen LogP contribution in [0.1, 0.15) is 103 Å². The van der Waals surface area contributed by atoms with Gasteiger partial charge in [-0.15, -0.1) is 0 Å². The molecule has 0 radical (unpaired) electrons. The predicted molar refractivity (Wildman–Crippen MR) is 259 cm³/mol. The Morgan fingerprint density at radius 3 is 1.44 bits per heavy atom. The fourth-order valence-corrected chi connectivity index (χ4v) is 8.49. The molecule has 3 heterocycles. The molecule has 6 rings (SSSR count). The van der Waals surface area contributed by atoms with Gasteiger partial charge in [0.1, 0.15) is 29.9 Å². The minimum absolute atomic E-state index is 0.0290. The molecule has 4 aromatic rings. The fraction of sp³-hybridized carbons (Fsp3) is 0.420. The maximum absolute atomic E-state index is 14.6. The van der Waals surface area contributed by atoms with Crippen molar-refractivity contribution in [3.05, 3.63) is 125 Å². The molecule has 20 heteroatoms. The maximum atomic E-state index is 14.6. The average molecular weight is 961 g/mol. The molecule has 20 nitrogen and oxygen atoms in total. The number of likely N-dealkylation sites (tertiary alicyclic amines) is 2. The molecule has 0 saturated carbocycles. The van der Waals surface area contributed by atoms with Crippen molar-refractivity contribution in [3.63, 3.8) is 0 Å². The lowest BCUT2D eigenvalue weighted by atomic mass is 10.0. The van der Waals surface area contributed by atoms with Gasteiger partial charge in [-0.1, -0.05) is 91.0 Å². The maximum Gasteiger partial charge on any atom is 0.272 e. The van der Waals surface area contributed by atoms with Crippen LogP contribution in [0.3, 0.4) is 0 Å². The Morgan fingerprint density at radius 1 is 0.543 bits per heavy atom. The van der Waals surface area contributed by atoms with Gasteiger partial charge in [0.2, 0.25) is 29.5 Å². The number of aromatic amines is 1. The molecule has 0 spiro atoms. The van der Waals surface area contributed by atoms with E-state index in [2.05, 4.69) is 52.7 Å². The third kappa shape index (κ3) is 12.8. The second-order valence-corrected chi connectivity index (χ2v) is 17.9. The number of nitrogens with one attached hydrogen (secondary N) is 9. The highest BCUT2D eigenvalue weighted by Gasteiger charge is 2.45. The van der Waals surface area contributed by atoms with E-state index in [9.17, 15) is 38.4 Å². The molecule has 372 valence electrons. The number of amides is 8. The molecule has 10 atom stereocenters. The summed E-state index contributed by atoms with van der Waals surface area (Å²) < 4.78 is 0. The Balaban J connectivity index is 1.16. The van der Waals surface area contributed by atoms with Crippen LogP contribution in [-0.4, -0.2) is 137 Å². The standard InChI is InChI=1S/C50H64N12O8/c1-28(33-17-11-8-12-18-33)53-47(67)40-23-36(26-61(40)49(69)32(5)55-43(63)30(3)51-6)56-45(65)38-25-39(60-59-38)46(66)57-37-24-41(48(68)54-29(2)34-19-13-9-14-20-34)62(27-37)50(70)42(35-21-15-10-16-22-35)58-44(64)31(4)52-7/h8-22,25,28-32,36-37,40-42,51-52H,23-24,26-27H2,1-7H3,(H,53,67)(H,54,68)(H,55,63)(H,56,65)(H,57,66)(H,58,64)(H,59,60)/t28-,29-,30+,31+,32+,36+,37+,40+,41+,42+/m1/s1. The lowest BCUT2D eigenvalue weighted by Crippen LogP contribution is -2.54. The van der Waals surface area contributed by atoms with E-state index in [0.717, 1.165) is 11.1 Å². The van der Waals surface area contributed by atoms with Crippen molar-refractivity contribution in [1.82, 2.24) is 62.5 Å². The van der Waals surface area contributed by atoms with Crippen molar-refractivity contribution in [1.29, 1.82) is 0 Å². The third-order valence-corrected chi connectivity index (χ3v) is 12.9. The summed E-state index contributed by atoms with van der Waals surface area (Å²) in [4.78, 5) is 112. The quantitative estimate of drug-likeness (QED) is 0.0644. The summed E-state index contributed by atoms with van der Waals surface area (Å²) in [5, 5.41) is 29.6. The molecular weight excluding hydrogens is 897 g/mol. The SMILES string of the molecule is CN[C@@H](C)C(=O)N[C@@H](C)C(=O)N1C[C@@H](NC(=O)c2cc(C(=O)N[C@H]3C[C@@H](C(=O)N[C@H](C)c4ccccc4)N(C(=O)[C@@H](NC(=O)[C@H](C)NC)c4ccccc4)C3)[nH]n2)C[C@H]1C(=O)N[C@H](C)c1ccccc1. The molecule has 2 aliphatic heterocycles. The van der Waals surface area contributed by atoms with E-state index in [1.165, 1.54) is 22.8 Å². The number of carbonyl (C=O) groups excluding carboxylic acids is 8. The van der Waals surface area contributed by atoms with E-state index in [1.54, 1.807) is 58.3 Å². The van der Waals surface area contributed by atoms with E-state index in [1.807, 2.05) is 74.5 Å². The summed E-state index contributed by atoms with van der Waals surface area (Å²) in [6.07, 6.45) is 0.0799. The number of likely N-dealkylation sites (N-methyl/N-ethyl adjacent to an activating group) is 2. The normalized spacial score (nSPS) is 20.2. The molecule has 2 saturated heterocycles. The van der Waals surface area contributed by atoms with E-state index >= 15 is 0 Å². The highest BCUT2D eigenvalue weighted by atomic mass is 16.2. The van der Waals surface area contributed by atoms with Crippen molar-refractivity contribution in [2.75, 3.05) is 27.2 Å². The summed E-state index contributed by atoms with van der Waals surface area (Å²) in [6, 6.07) is 20.9. The van der Waals surface area contributed by atoms with Crippen LogP contribution in [-0.2, 0) is 28.8 Å². The number of hydrogen-bond donors (Lipinski definition) is 9. The zero-order chi connectivity index (χ0) is 50.6. The Labute approximate surface area is 407 Å². The van der Waals surface area contributed by atoms with Crippen LogP contribution in [0.4, 0.5) is 0 Å². The van der Waals surface area contributed by atoms with E-state index in [0.29, 0.717) is 5.56 Å². The molecule has 0 bridgehead atoms. The van der Waals surface area contributed by atoms with Gasteiger partial charge >= 0.3 is 0 Å². The van der Waals surface area contributed by atoms with Crippen molar-refractivity contribution >= 4 is 47.3 Å². The van der Waals surface area contributed by atoms with Crippen molar-refractivity contribution in [2.45, 2.75) is 108 Å². The smallest absolute Gasteiger partial charge is 0.272 e. The van der Waals surface area contributed by atoms with Crippen LogP contribution >= 0.6 is 0 Å². The monoisotopic (exact) mass is 960 g/mol. The molecular formula is C50H64N12O8. The Bertz CT molecular complexity index is 2490. The van der Waals surface area contributed by atoms with Gasteiger partial charge in [-0.3, -0.25) is 43.5 Å². The van der Waals surface area contributed by atoms with Crippen LogP contribution < -0.4 is 42.5 Å². The number of carbonyl (C=O) groups is 8. The minimum atomic E-state index is -1.15. The second-order valence-electron chi connectivity index (χ2n) is 17.9. The molecule has 1 aromatic heterocycles. The zero-order valence-corrected chi connectivity index (χ0v) is 40.4. The van der Waals surface area contributed by atoms with E-state index in [4.69, 9.17) is 0 Å². The molecule has 2 fully saturated rings. The summed E-state index contributed by atoms with van der Waals surface area (Å²) >= 11 is 0. The topological polar surface area (TPSA) is 268 Å². The van der Waals surface area contributed by atoms with Crippen molar-refractivity contribution in [2.24, 2.45) is 0 Å². The van der Waals surface area contributed by atoms with Gasteiger partial charge in [0, 0.05) is 31.2 Å². The lowest BCUT2D eigenvalue weighted by Gasteiger charge is -2.30. The number of benzene rings is 3. The molecule has 9 N–H and O–H groups in total. The molecule has 2 aliphatic rings. The number of H-pyrrole nitrogens is 1. The highest BCUT2D eigenvalue weighted by molar-refractivity contribution is 5.99. The predicted octanol–water partition coefficient (Wildman–Crippen LogP) is 1.14. The summed E-state index contributed by atoms with van der Waals surface area (Å²) in [5.41, 5.74) is 1.97. The van der Waals surface area contributed by atoms with Crippen molar-refractivity contribution in [3.8, 4) is 0 Å². The van der Waals surface area contributed by atoms with Gasteiger partial charge in [0.05, 0.1) is 24.2 Å². The van der Waals surface area contributed by atoms with Crippen LogP contribution in [0.2, 0.25) is 0 Å². The summed E-state index contributed by atoms with van der Waals surface area (Å²) in [7, 11) is 3.24. The van der Waals surface area contributed by atoms with Crippen LogP contribution in [0, 0.1) is 0 Å². The summed E-state index contributed by atoms with van der Waals surface area (Å²) in [5.74, 6) is -4.14. The van der Waals surface area contributed by atoms with Crippen LogP contribution in [0.5, 0.6) is 0 Å². The number of aromatic nitrogens is 2. The Hall–Kier alpha value is -7.45. The lowest BCUT2D eigenvalue weighted by molar-refractivity contribution is -0.142. The first kappa shape index (κ1) is 51.9. The van der Waals surface area contributed by atoms with Gasteiger partial charge in [-0.2, -0.15) is 5.10 Å². The van der Waals surface area contributed by atoms with Gasteiger partial charge in [-0.05, 0) is 78.2 Å². The first-order valence-corrected chi connectivity index (χ1v) is 23.5. The van der Waals surface area contributed by atoms with Gasteiger partial charge in [-0.25, -0.2) is 0 Å². The van der Waals surface area contributed by atoms with Gasteiger partial charge in [0.15, 0.2) is 5.69 Å². The van der Waals surface area contributed by atoms with Crippen LogP contribution in [0.25, 0.3) is 0 Å².